The summed E-state index contributed by atoms with van der Waals surface area (Å²) in [6.45, 7) is 4.44. The quantitative estimate of drug-likeness (QED) is 0.0322. The first-order valence-electron chi connectivity index (χ1n) is 25.0. The van der Waals surface area contributed by atoms with Crippen LogP contribution < -0.4 is 5.32 Å². The molecule has 0 aromatic rings. The van der Waals surface area contributed by atoms with Crippen molar-refractivity contribution in [2.45, 2.75) is 257 Å². The minimum absolute atomic E-state index is 0.256. The number of allylic oxidation sites excluding steroid dienone is 10. The van der Waals surface area contributed by atoms with Crippen molar-refractivity contribution in [3.8, 4) is 0 Å². The molecular formula is C52H95NO5S. The van der Waals surface area contributed by atoms with Crippen LogP contribution in [0.1, 0.15) is 245 Å². The lowest BCUT2D eigenvalue weighted by molar-refractivity contribution is -0.122. The largest absolute Gasteiger partial charge is 0.391 e. The molecule has 344 valence electrons. The number of carbonyl (C=O) groups excluding carboxylic acids is 1. The molecular weight excluding hydrogens is 751 g/mol. The summed E-state index contributed by atoms with van der Waals surface area (Å²) in [5, 5.41) is 13.4. The van der Waals surface area contributed by atoms with E-state index in [1.54, 1.807) is 0 Å². The molecule has 3 N–H and O–H groups in total. The van der Waals surface area contributed by atoms with Crippen molar-refractivity contribution in [3.63, 3.8) is 0 Å². The highest BCUT2D eigenvalue weighted by Crippen LogP contribution is 2.17. The summed E-state index contributed by atoms with van der Waals surface area (Å²) in [7, 11) is -4.32. The predicted molar refractivity (Wildman–Crippen MR) is 258 cm³/mol. The van der Waals surface area contributed by atoms with Gasteiger partial charge < -0.3 is 10.4 Å². The molecule has 0 aromatic heterocycles. The van der Waals surface area contributed by atoms with Crippen LogP contribution in [0, 0.1) is 0 Å². The zero-order valence-electron chi connectivity index (χ0n) is 38.6. The van der Waals surface area contributed by atoms with Gasteiger partial charge in [0.2, 0.25) is 5.91 Å². The molecule has 0 rings (SSSR count). The van der Waals surface area contributed by atoms with E-state index in [1.807, 2.05) is 0 Å². The van der Waals surface area contributed by atoms with Crippen LogP contribution in [-0.2, 0) is 14.9 Å². The molecule has 0 aliphatic rings. The zero-order valence-corrected chi connectivity index (χ0v) is 39.4. The molecule has 7 heteroatoms. The fourth-order valence-electron chi connectivity index (χ4n) is 7.54. The number of hydrogen-bond acceptors (Lipinski definition) is 4. The fourth-order valence-corrected chi connectivity index (χ4v) is 8.30. The maximum absolute atomic E-state index is 12.6. The van der Waals surface area contributed by atoms with E-state index >= 15 is 0 Å². The lowest BCUT2D eigenvalue weighted by Gasteiger charge is -2.23. The van der Waals surface area contributed by atoms with E-state index in [-0.39, 0.29) is 5.91 Å². The van der Waals surface area contributed by atoms with E-state index in [1.165, 1.54) is 135 Å². The number of rotatable bonds is 45. The fraction of sp³-hybridized carbons (Fsp3) is 0.788. The molecule has 0 aliphatic carbocycles. The number of aliphatic hydroxyl groups excluding tert-OH is 1. The van der Waals surface area contributed by atoms with Crippen molar-refractivity contribution in [1.82, 2.24) is 5.32 Å². The van der Waals surface area contributed by atoms with Gasteiger partial charge >= 0.3 is 0 Å². The minimum atomic E-state index is -4.32. The molecule has 0 saturated carbocycles. The van der Waals surface area contributed by atoms with E-state index < -0.39 is 28.0 Å². The third-order valence-electron chi connectivity index (χ3n) is 11.2. The van der Waals surface area contributed by atoms with Gasteiger partial charge in [0.05, 0.1) is 17.9 Å². The van der Waals surface area contributed by atoms with E-state index in [2.05, 4.69) is 79.9 Å². The summed E-state index contributed by atoms with van der Waals surface area (Å²) in [5.41, 5.74) is 0. The van der Waals surface area contributed by atoms with Crippen molar-refractivity contribution in [2.24, 2.45) is 0 Å². The van der Waals surface area contributed by atoms with Crippen LogP contribution in [0.25, 0.3) is 0 Å². The van der Waals surface area contributed by atoms with Gasteiger partial charge in [-0.1, -0.05) is 242 Å². The Bertz CT molecular complexity index is 1160. The standard InChI is InChI=1S/C52H95NO5S/c1-3-5-7-9-11-13-15-17-19-21-23-25-26-28-30-32-34-36-38-40-42-44-46-48-52(55)53-50(49-59(56,57)58)51(54)47-45-43-41-39-37-35-33-31-29-27-24-22-20-18-16-14-12-10-8-6-4-2/h5,7,11,13,17,19,23,25,28,30,50-51,54H,3-4,6,8-10,12,14-16,18,20-22,24,26-27,29,31-49H2,1-2H3,(H,53,55)(H,56,57,58)/b7-5-,13-11-,19-17-,25-23-,30-28-. The van der Waals surface area contributed by atoms with Gasteiger partial charge in [-0.2, -0.15) is 8.42 Å². The molecule has 0 aliphatic heterocycles. The van der Waals surface area contributed by atoms with Crippen LogP contribution in [0.4, 0.5) is 0 Å². The monoisotopic (exact) mass is 846 g/mol. The van der Waals surface area contributed by atoms with Crippen LogP contribution in [0.15, 0.2) is 60.8 Å². The Labute approximate surface area is 366 Å². The number of aliphatic hydroxyl groups is 1. The molecule has 0 fully saturated rings. The second-order valence-corrected chi connectivity index (χ2v) is 18.6. The highest BCUT2D eigenvalue weighted by molar-refractivity contribution is 7.85. The Hall–Kier alpha value is -1.96. The van der Waals surface area contributed by atoms with Crippen LogP contribution in [0.5, 0.6) is 0 Å². The van der Waals surface area contributed by atoms with Gasteiger partial charge in [-0.25, -0.2) is 0 Å². The molecule has 0 heterocycles. The lowest BCUT2D eigenvalue weighted by Crippen LogP contribution is -2.47. The molecule has 2 atom stereocenters. The summed E-state index contributed by atoms with van der Waals surface area (Å²) in [6, 6.07) is -0.981. The second kappa shape index (κ2) is 45.6. The third kappa shape index (κ3) is 47.0. The second-order valence-electron chi connectivity index (χ2n) is 17.1. The van der Waals surface area contributed by atoms with Gasteiger partial charge in [-0.15, -0.1) is 0 Å². The highest BCUT2D eigenvalue weighted by Gasteiger charge is 2.26. The molecule has 2 unspecified atom stereocenters. The Balaban J connectivity index is 3.81. The molecule has 0 aromatic carbocycles. The van der Waals surface area contributed by atoms with E-state index in [9.17, 15) is 22.9 Å². The average molecular weight is 846 g/mol. The number of hydrogen-bond donors (Lipinski definition) is 3. The first-order valence-corrected chi connectivity index (χ1v) is 26.6. The molecule has 0 bridgehead atoms. The smallest absolute Gasteiger partial charge is 0.266 e. The summed E-state index contributed by atoms with van der Waals surface area (Å²) in [4.78, 5) is 12.6. The summed E-state index contributed by atoms with van der Waals surface area (Å²) < 4.78 is 32.7. The first-order chi connectivity index (χ1) is 28.8. The van der Waals surface area contributed by atoms with Gasteiger partial charge in [0.1, 0.15) is 0 Å². The minimum Gasteiger partial charge on any atom is -0.391 e. The van der Waals surface area contributed by atoms with Crippen LogP contribution in [0.3, 0.4) is 0 Å². The topological polar surface area (TPSA) is 104 Å². The van der Waals surface area contributed by atoms with Crippen molar-refractivity contribution < 1.29 is 22.9 Å². The highest BCUT2D eigenvalue weighted by atomic mass is 32.2. The van der Waals surface area contributed by atoms with Crippen LogP contribution in [-0.4, -0.2) is 41.9 Å². The average Bonchev–Trinajstić information content (AvgIpc) is 3.20. The lowest BCUT2D eigenvalue weighted by atomic mass is 10.0. The Morgan fingerprint density at radius 1 is 0.475 bits per heavy atom. The molecule has 6 nitrogen and oxygen atoms in total. The van der Waals surface area contributed by atoms with Crippen LogP contribution in [0.2, 0.25) is 0 Å². The van der Waals surface area contributed by atoms with Crippen molar-refractivity contribution >= 4 is 16.0 Å². The molecule has 59 heavy (non-hydrogen) atoms. The number of nitrogens with one attached hydrogen (secondary N) is 1. The van der Waals surface area contributed by atoms with Gasteiger partial charge in [0.15, 0.2) is 0 Å². The Morgan fingerprint density at radius 2 is 0.814 bits per heavy atom. The summed E-state index contributed by atoms with van der Waals surface area (Å²) in [6.07, 6.45) is 63.2. The first kappa shape index (κ1) is 57.0. The van der Waals surface area contributed by atoms with Crippen LogP contribution >= 0.6 is 0 Å². The number of amides is 1. The van der Waals surface area contributed by atoms with E-state index in [4.69, 9.17) is 0 Å². The van der Waals surface area contributed by atoms with Gasteiger partial charge in [-0.05, 0) is 57.8 Å². The molecule has 0 radical (unpaired) electrons. The summed E-state index contributed by atoms with van der Waals surface area (Å²) in [5.74, 6) is -0.910. The van der Waals surface area contributed by atoms with Gasteiger partial charge in [-0.3, -0.25) is 9.35 Å². The maximum atomic E-state index is 12.6. The maximum Gasteiger partial charge on any atom is 0.266 e. The number of unbranched alkanes of at least 4 members (excludes halogenated alkanes) is 27. The van der Waals surface area contributed by atoms with Crippen molar-refractivity contribution in [2.75, 3.05) is 5.75 Å². The molecule has 1 amide bonds. The number of carbonyl (C=O) groups is 1. The van der Waals surface area contributed by atoms with Crippen molar-refractivity contribution in [1.29, 1.82) is 0 Å². The normalized spacial score (nSPS) is 13.6. The zero-order chi connectivity index (χ0) is 43.2. The van der Waals surface area contributed by atoms with Gasteiger partial charge in [0.25, 0.3) is 10.1 Å². The molecule has 0 spiro atoms. The Morgan fingerprint density at radius 3 is 1.20 bits per heavy atom. The van der Waals surface area contributed by atoms with Gasteiger partial charge in [0, 0.05) is 6.42 Å². The van der Waals surface area contributed by atoms with E-state index in [0.717, 1.165) is 83.5 Å². The van der Waals surface area contributed by atoms with E-state index in [0.29, 0.717) is 12.8 Å². The predicted octanol–water partition coefficient (Wildman–Crippen LogP) is 15.6. The summed E-state index contributed by atoms with van der Waals surface area (Å²) >= 11 is 0. The van der Waals surface area contributed by atoms with Crippen molar-refractivity contribution in [3.05, 3.63) is 60.8 Å². The Kier molecular flexibility index (Phi) is 44.1. The SMILES string of the molecule is CC/C=C\C/C=C\C/C=C\C/C=C\C/C=C\CCCCCCCCCC(=O)NC(CS(=O)(=O)O)C(O)CCCCCCCCCCCCCCCCCCCCCCC. The molecule has 0 saturated heterocycles. The third-order valence-corrected chi connectivity index (χ3v) is 12.0.